The number of nitriles is 1. The van der Waals surface area contributed by atoms with E-state index < -0.39 is 12.8 Å². The van der Waals surface area contributed by atoms with Crippen LogP contribution in [0, 0.1) is 11.3 Å². The van der Waals surface area contributed by atoms with E-state index in [1.807, 2.05) is 6.07 Å². The van der Waals surface area contributed by atoms with Crippen molar-refractivity contribution in [3.05, 3.63) is 0 Å². The first-order chi connectivity index (χ1) is 7.88. The van der Waals surface area contributed by atoms with E-state index in [0.717, 1.165) is 0 Å². The molecule has 6 heteroatoms. The fourth-order valence-corrected chi connectivity index (χ4v) is 3.56. The number of carbonyl (C=O) groups excluding carboxylic acids is 1. The van der Waals surface area contributed by atoms with Crippen LogP contribution < -0.4 is 0 Å². The monoisotopic (exact) mass is 261 g/mol. The first-order valence-corrected chi connectivity index (χ1v) is 7.19. The van der Waals surface area contributed by atoms with Gasteiger partial charge < -0.3 is 9.05 Å². The summed E-state index contributed by atoms with van der Waals surface area (Å²) in [6.07, 6.45) is 0.316. The molecule has 0 spiro atoms. The Bertz CT molecular complexity index is 340. The molecule has 0 amide bonds. The van der Waals surface area contributed by atoms with Crippen LogP contribution in [-0.2, 0) is 18.4 Å². The minimum absolute atomic E-state index is 0.139. The van der Waals surface area contributed by atoms with Crippen molar-refractivity contribution in [1.29, 1.82) is 5.26 Å². The van der Waals surface area contributed by atoms with Gasteiger partial charge in [0.05, 0.1) is 19.3 Å². The van der Waals surface area contributed by atoms with Crippen molar-refractivity contribution in [2.24, 2.45) is 0 Å². The van der Waals surface area contributed by atoms with Crippen molar-refractivity contribution in [2.45, 2.75) is 45.7 Å². The Morgan fingerprint density at radius 2 is 1.82 bits per heavy atom. The summed E-state index contributed by atoms with van der Waals surface area (Å²) in [6, 6.07) is 1.95. The molecule has 0 radical (unpaired) electrons. The van der Waals surface area contributed by atoms with E-state index in [9.17, 15) is 9.36 Å². The lowest BCUT2D eigenvalue weighted by Crippen LogP contribution is -2.35. The van der Waals surface area contributed by atoms with Gasteiger partial charge in [0.1, 0.15) is 10.9 Å². The van der Waals surface area contributed by atoms with Crippen LogP contribution >= 0.6 is 7.60 Å². The van der Waals surface area contributed by atoms with Gasteiger partial charge in [-0.2, -0.15) is 5.26 Å². The van der Waals surface area contributed by atoms with Gasteiger partial charge in [-0.05, 0) is 34.1 Å². The topological polar surface area (TPSA) is 76.4 Å². The number of carbonyl (C=O) groups is 1. The zero-order chi connectivity index (χ0) is 13.5. The van der Waals surface area contributed by atoms with Gasteiger partial charge in [-0.1, -0.05) is 0 Å². The highest BCUT2D eigenvalue weighted by Crippen LogP contribution is 2.62. The van der Waals surface area contributed by atoms with Crippen molar-refractivity contribution in [2.75, 3.05) is 13.2 Å². The van der Waals surface area contributed by atoms with Crippen molar-refractivity contribution in [3.8, 4) is 6.07 Å². The third-order valence-corrected chi connectivity index (χ3v) is 5.63. The summed E-state index contributed by atoms with van der Waals surface area (Å²) < 4.78 is 23.0. The summed E-state index contributed by atoms with van der Waals surface area (Å²) >= 11 is 0. The fourth-order valence-electron chi connectivity index (χ4n) is 1.47. The minimum Gasteiger partial charge on any atom is -0.308 e. The molecule has 0 saturated heterocycles. The van der Waals surface area contributed by atoms with Crippen LogP contribution in [0.5, 0.6) is 0 Å². The third-order valence-electron chi connectivity index (χ3n) is 2.68. The normalized spacial score (nSPS) is 15.0. The molecule has 0 aromatic carbocycles. The SMILES string of the molecule is CCOP(=O)(OCC)[C@@](C)(CCC#N)C(C)=O. The number of Topliss-reactive ketones (excluding diaryl/α,β-unsaturated/α-hetero) is 1. The smallest absolute Gasteiger partial charge is 0.308 e. The average Bonchev–Trinajstić information content (AvgIpc) is 2.26. The number of rotatable bonds is 8. The quantitative estimate of drug-likeness (QED) is 0.628. The van der Waals surface area contributed by atoms with E-state index in [1.54, 1.807) is 20.8 Å². The molecule has 0 rings (SSSR count). The van der Waals surface area contributed by atoms with Gasteiger partial charge in [-0.3, -0.25) is 9.36 Å². The Labute approximate surface area is 103 Å². The molecule has 0 aliphatic heterocycles. The summed E-state index contributed by atoms with van der Waals surface area (Å²) in [5.74, 6) is -0.280. The van der Waals surface area contributed by atoms with Gasteiger partial charge in [0.25, 0.3) is 0 Å². The molecule has 1 atom stereocenters. The molecule has 0 unspecified atom stereocenters. The van der Waals surface area contributed by atoms with Crippen LogP contribution in [0.1, 0.15) is 40.5 Å². The number of nitrogens with zero attached hydrogens (tertiary/aromatic N) is 1. The van der Waals surface area contributed by atoms with Gasteiger partial charge in [0, 0.05) is 6.42 Å². The predicted molar refractivity (Wildman–Crippen MR) is 64.8 cm³/mol. The first kappa shape index (κ1) is 16.3. The molecule has 0 bridgehead atoms. The lowest BCUT2D eigenvalue weighted by atomic mass is 10.0. The summed E-state index contributed by atoms with van der Waals surface area (Å²) in [5, 5.41) is 7.36. The van der Waals surface area contributed by atoms with Crippen LogP contribution in [0.15, 0.2) is 0 Å². The molecule has 0 heterocycles. The number of hydrogen-bond donors (Lipinski definition) is 0. The largest absolute Gasteiger partial charge is 0.343 e. The second-order valence-electron chi connectivity index (χ2n) is 3.82. The highest BCUT2D eigenvalue weighted by molar-refractivity contribution is 7.56. The Kier molecular flexibility index (Phi) is 6.62. The van der Waals surface area contributed by atoms with E-state index in [2.05, 4.69) is 0 Å². The van der Waals surface area contributed by atoms with Crippen molar-refractivity contribution >= 4 is 13.4 Å². The summed E-state index contributed by atoms with van der Waals surface area (Å²) in [6.45, 7) is 6.67. The molecule has 0 saturated carbocycles. The van der Waals surface area contributed by atoms with Crippen LogP contribution in [0.2, 0.25) is 0 Å². The average molecular weight is 261 g/mol. The van der Waals surface area contributed by atoms with E-state index in [0.29, 0.717) is 0 Å². The van der Waals surface area contributed by atoms with Gasteiger partial charge >= 0.3 is 7.60 Å². The van der Waals surface area contributed by atoms with Crippen LogP contribution in [0.4, 0.5) is 0 Å². The molecular weight excluding hydrogens is 241 g/mol. The van der Waals surface area contributed by atoms with Crippen LogP contribution in [0.3, 0.4) is 0 Å². The molecular formula is C11H20NO4P. The molecule has 98 valence electrons. The third kappa shape index (κ3) is 3.64. The molecule has 17 heavy (non-hydrogen) atoms. The molecule has 0 aromatic heterocycles. The number of hydrogen-bond acceptors (Lipinski definition) is 5. The Morgan fingerprint density at radius 1 is 1.35 bits per heavy atom. The molecule has 0 fully saturated rings. The fraction of sp³-hybridized carbons (Fsp3) is 0.818. The maximum atomic E-state index is 12.6. The highest BCUT2D eigenvalue weighted by Gasteiger charge is 2.50. The maximum Gasteiger partial charge on any atom is 0.343 e. The maximum absolute atomic E-state index is 12.6. The Morgan fingerprint density at radius 3 is 2.12 bits per heavy atom. The standard InChI is InChI=1S/C11H20NO4P/c1-5-15-17(14,16-6-2)11(4,10(3)13)8-7-9-12/h5-8H2,1-4H3/t11-/m0/s1. The Hall–Kier alpha value is -0.690. The van der Waals surface area contributed by atoms with Crippen LogP contribution in [0.25, 0.3) is 0 Å². The van der Waals surface area contributed by atoms with Crippen molar-refractivity contribution in [3.63, 3.8) is 0 Å². The lowest BCUT2D eigenvalue weighted by Gasteiger charge is -2.33. The van der Waals surface area contributed by atoms with E-state index in [1.165, 1.54) is 6.92 Å². The van der Waals surface area contributed by atoms with E-state index in [4.69, 9.17) is 14.3 Å². The van der Waals surface area contributed by atoms with Crippen molar-refractivity contribution in [1.82, 2.24) is 0 Å². The zero-order valence-corrected chi connectivity index (χ0v) is 11.8. The van der Waals surface area contributed by atoms with Gasteiger partial charge in [-0.15, -0.1) is 0 Å². The molecule has 0 aliphatic rings. The predicted octanol–water partition coefficient (Wildman–Crippen LogP) is 2.90. The Balaban J connectivity index is 5.30. The summed E-state index contributed by atoms with van der Waals surface area (Å²) in [7, 11) is -3.53. The minimum atomic E-state index is -3.53. The zero-order valence-electron chi connectivity index (χ0n) is 10.9. The summed E-state index contributed by atoms with van der Waals surface area (Å²) in [4.78, 5) is 11.7. The lowest BCUT2D eigenvalue weighted by molar-refractivity contribution is -0.119. The number of ketones is 1. The van der Waals surface area contributed by atoms with Gasteiger partial charge in [0.15, 0.2) is 0 Å². The first-order valence-electron chi connectivity index (χ1n) is 5.65. The molecule has 0 aromatic rings. The van der Waals surface area contributed by atoms with E-state index in [-0.39, 0.29) is 31.8 Å². The van der Waals surface area contributed by atoms with E-state index >= 15 is 0 Å². The second-order valence-corrected chi connectivity index (χ2v) is 6.32. The van der Waals surface area contributed by atoms with Gasteiger partial charge in [-0.25, -0.2) is 0 Å². The van der Waals surface area contributed by atoms with Crippen molar-refractivity contribution < 1.29 is 18.4 Å². The van der Waals surface area contributed by atoms with Gasteiger partial charge in [0.2, 0.25) is 0 Å². The highest BCUT2D eigenvalue weighted by atomic mass is 31.2. The van der Waals surface area contributed by atoms with Crippen LogP contribution in [-0.4, -0.2) is 24.2 Å². The summed E-state index contributed by atoms with van der Waals surface area (Å²) in [5.41, 5.74) is 0. The second kappa shape index (κ2) is 6.90. The molecule has 5 nitrogen and oxygen atoms in total. The molecule has 0 N–H and O–H groups in total. The molecule has 0 aliphatic carbocycles.